The fourth-order valence-electron chi connectivity index (χ4n) is 7.74. The minimum atomic E-state index is -1.77. The maximum atomic E-state index is 11.9. The van der Waals surface area contributed by atoms with Crippen LogP contribution in [0.25, 0.3) is 0 Å². The number of carbonyl (C=O) groups is 1. The van der Waals surface area contributed by atoms with E-state index in [9.17, 15) is 45.6 Å². The number of nitrogens with one attached hydrogen (secondary N) is 1. The predicted molar refractivity (Wildman–Crippen MR) is 212 cm³/mol. The van der Waals surface area contributed by atoms with Crippen molar-refractivity contribution in [3.8, 4) is 0 Å². The Bertz CT molecular complexity index is 962. The molecule has 2 aliphatic rings. The summed E-state index contributed by atoms with van der Waals surface area (Å²) in [6.07, 6.45) is 13.7. The van der Waals surface area contributed by atoms with Crippen molar-refractivity contribution < 1.29 is 64.6 Å². The lowest BCUT2D eigenvalue weighted by atomic mass is 9.97. The van der Waals surface area contributed by atoms with Crippen LogP contribution in [0, 0.1) is 0 Å². The first-order valence-electron chi connectivity index (χ1n) is 22.2. The zero-order valence-corrected chi connectivity index (χ0v) is 34.6. The first-order chi connectivity index (χ1) is 27.0. The highest BCUT2D eigenvalue weighted by Gasteiger charge is 2.50. The van der Waals surface area contributed by atoms with Crippen molar-refractivity contribution in [2.45, 2.75) is 242 Å². The average Bonchev–Trinajstić information content (AvgIpc) is 3.18. The summed E-state index contributed by atoms with van der Waals surface area (Å²) in [6, 6.07) is -0.823. The highest BCUT2D eigenvalue weighted by atomic mass is 16.7. The first kappa shape index (κ1) is 51.1. The molecule has 2 rings (SSSR count). The highest BCUT2D eigenvalue weighted by Crippen LogP contribution is 2.30. The van der Waals surface area contributed by atoms with Crippen molar-refractivity contribution in [3.05, 3.63) is 0 Å². The topological polar surface area (TPSA) is 228 Å². The van der Waals surface area contributed by atoms with Crippen LogP contribution in [0.2, 0.25) is 0 Å². The quantitative estimate of drug-likeness (QED) is 0.0430. The van der Waals surface area contributed by atoms with Crippen molar-refractivity contribution >= 4 is 5.91 Å². The second-order valence-electron chi connectivity index (χ2n) is 16.3. The molecule has 12 unspecified atom stereocenters. The summed E-state index contributed by atoms with van der Waals surface area (Å²) in [7, 11) is 0. The molecular weight excluding hydrogens is 726 g/mol. The predicted octanol–water partition coefficient (Wildman–Crippen LogP) is 3.88. The summed E-state index contributed by atoms with van der Waals surface area (Å²) >= 11 is 0. The lowest BCUT2D eigenvalue weighted by Crippen LogP contribution is -2.65. The van der Waals surface area contributed by atoms with E-state index >= 15 is 0 Å². The van der Waals surface area contributed by atoms with E-state index < -0.39 is 86.8 Å². The van der Waals surface area contributed by atoms with Crippen LogP contribution in [0.5, 0.6) is 0 Å². The Kier molecular flexibility index (Phi) is 28.3. The maximum Gasteiger partial charge on any atom is 0.217 e. The van der Waals surface area contributed by atoms with Crippen molar-refractivity contribution in [1.29, 1.82) is 0 Å². The van der Waals surface area contributed by atoms with Gasteiger partial charge in [0.25, 0.3) is 0 Å². The van der Waals surface area contributed by atoms with Crippen LogP contribution in [0.15, 0.2) is 0 Å². The van der Waals surface area contributed by atoms with Crippen molar-refractivity contribution in [1.82, 2.24) is 5.32 Å². The Morgan fingerprint density at radius 3 is 1.41 bits per heavy atom. The van der Waals surface area contributed by atoms with E-state index in [0.717, 1.165) is 25.7 Å². The van der Waals surface area contributed by atoms with E-state index in [2.05, 4.69) is 12.2 Å². The second kappa shape index (κ2) is 30.9. The van der Waals surface area contributed by atoms with Gasteiger partial charge in [0.1, 0.15) is 48.8 Å². The number of ether oxygens (including phenoxy) is 4. The largest absolute Gasteiger partial charge is 0.394 e. The fraction of sp³-hybridized carbons (Fsp3) is 0.976. The van der Waals surface area contributed by atoms with Gasteiger partial charge in [0, 0.05) is 6.92 Å². The number of amides is 1. The van der Waals surface area contributed by atoms with Crippen molar-refractivity contribution in [2.24, 2.45) is 0 Å². The molecule has 0 bridgehead atoms. The molecule has 12 atom stereocenters. The Morgan fingerprint density at radius 1 is 0.571 bits per heavy atom. The number of unbranched alkanes of at least 4 members (excludes halogenated alkanes) is 22. The first-order valence-corrected chi connectivity index (χ1v) is 22.2. The van der Waals surface area contributed by atoms with Gasteiger partial charge in [-0.3, -0.25) is 4.79 Å². The molecule has 14 nitrogen and oxygen atoms in total. The lowest BCUT2D eigenvalue weighted by Gasteiger charge is -2.46. The Balaban J connectivity index is 1.56. The van der Waals surface area contributed by atoms with E-state index in [4.69, 9.17) is 18.9 Å². The summed E-state index contributed by atoms with van der Waals surface area (Å²) < 4.78 is 22.3. The molecule has 56 heavy (non-hydrogen) atoms. The van der Waals surface area contributed by atoms with E-state index in [0.29, 0.717) is 6.42 Å². The molecule has 2 aliphatic heterocycles. The van der Waals surface area contributed by atoms with Gasteiger partial charge >= 0.3 is 0 Å². The average molecular weight is 808 g/mol. The van der Waals surface area contributed by atoms with Crippen LogP contribution in [-0.4, -0.2) is 140 Å². The molecular formula is C42H81NO13. The molecule has 0 aromatic rings. The van der Waals surface area contributed by atoms with Gasteiger partial charge < -0.3 is 65.1 Å². The Labute approximate surface area is 336 Å². The van der Waals surface area contributed by atoms with Gasteiger partial charge in [-0.15, -0.1) is 0 Å². The van der Waals surface area contributed by atoms with Gasteiger partial charge in [-0.2, -0.15) is 0 Å². The molecule has 332 valence electrons. The molecule has 0 spiro atoms. The molecule has 2 heterocycles. The van der Waals surface area contributed by atoms with Crippen LogP contribution >= 0.6 is 0 Å². The summed E-state index contributed by atoms with van der Waals surface area (Å²) in [4.78, 5) is 11.9. The summed E-state index contributed by atoms with van der Waals surface area (Å²) in [5.74, 6) is -0.381. The molecule has 0 radical (unpaired) electrons. The van der Waals surface area contributed by atoms with Gasteiger partial charge in [0.2, 0.25) is 5.91 Å². The van der Waals surface area contributed by atoms with Crippen LogP contribution in [-0.2, 0) is 23.7 Å². The van der Waals surface area contributed by atoms with E-state index in [-0.39, 0.29) is 12.5 Å². The number of carbonyl (C=O) groups excluding carboxylic acids is 1. The summed E-state index contributed by atoms with van der Waals surface area (Å²) in [5.41, 5.74) is 0. The smallest absolute Gasteiger partial charge is 0.217 e. The van der Waals surface area contributed by atoms with Gasteiger partial charge in [-0.05, 0) is 6.42 Å². The van der Waals surface area contributed by atoms with E-state index in [1.54, 1.807) is 0 Å². The van der Waals surface area contributed by atoms with Gasteiger partial charge in [-0.1, -0.05) is 155 Å². The van der Waals surface area contributed by atoms with Crippen LogP contribution < -0.4 is 5.32 Å². The van der Waals surface area contributed by atoms with Gasteiger partial charge in [0.05, 0.1) is 32.0 Å². The lowest BCUT2D eigenvalue weighted by molar-refractivity contribution is -0.359. The number of aliphatic hydroxyl groups is 8. The monoisotopic (exact) mass is 808 g/mol. The SMILES string of the molecule is CCCCCCCCCCCCCCCCCCCCCCCCCC(O)C(COC1OC(CO)C(OC2OC(CO)C(O)C(O)C2O)C(O)C1O)NC(C)=O. The zero-order valence-electron chi connectivity index (χ0n) is 34.6. The highest BCUT2D eigenvalue weighted by molar-refractivity contribution is 5.73. The zero-order chi connectivity index (χ0) is 41.1. The summed E-state index contributed by atoms with van der Waals surface area (Å²) in [5, 5.41) is 85.1. The van der Waals surface area contributed by atoms with E-state index in [1.165, 1.54) is 129 Å². The molecule has 0 aromatic heterocycles. The molecule has 14 heteroatoms. The number of rotatable bonds is 33. The third kappa shape index (κ3) is 19.8. The van der Waals surface area contributed by atoms with Crippen LogP contribution in [0.3, 0.4) is 0 Å². The molecule has 2 saturated heterocycles. The third-order valence-corrected chi connectivity index (χ3v) is 11.4. The number of hydrogen-bond acceptors (Lipinski definition) is 13. The number of hydrogen-bond donors (Lipinski definition) is 9. The second-order valence-corrected chi connectivity index (χ2v) is 16.3. The van der Waals surface area contributed by atoms with Crippen molar-refractivity contribution in [2.75, 3.05) is 19.8 Å². The maximum absolute atomic E-state index is 11.9. The molecule has 1 amide bonds. The third-order valence-electron chi connectivity index (χ3n) is 11.4. The Morgan fingerprint density at radius 2 is 0.982 bits per heavy atom. The number of aliphatic hydroxyl groups excluding tert-OH is 8. The molecule has 0 aromatic carbocycles. The summed E-state index contributed by atoms with van der Waals surface area (Å²) in [6.45, 7) is 1.93. The minimum Gasteiger partial charge on any atom is -0.394 e. The standard InChI is InChI=1S/C42H81NO13/c1-3-4-5-6-7-8-9-10-11-12-13-14-15-16-17-18-19-20-21-22-23-24-25-26-32(47)31(43-30(2)46)29-53-41-39(52)37(50)40(34(28-45)55-41)56-42-38(51)36(49)35(48)33(27-44)54-42/h31-42,44-45,47-52H,3-29H2,1-2H3,(H,43,46). The molecule has 2 fully saturated rings. The van der Waals surface area contributed by atoms with E-state index in [1.807, 2.05) is 0 Å². The normalized spacial score (nSPS) is 29.3. The van der Waals surface area contributed by atoms with Gasteiger partial charge in [0.15, 0.2) is 12.6 Å². The van der Waals surface area contributed by atoms with Crippen LogP contribution in [0.4, 0.5) is 0 Å². The minimum absolute atomic E-state index is 0.259. The molecule has 0 saturated carbocycles. The van der Waals surface area contributed by atoms with Crippen molar-refractivity contribution in [3.63, 3.8) is 0 Å². The van der Waals surface area contributed by atoms with Gasteiger partial charge in [-0.25, -0.2) is 0 Å². The Hall–Kier alpha value is -1.01. The fourth-order valence-corrected chi connectivity index (χ4v) is 7.74. The molecule has 9 N–H and O–H groups in total. The molecule has 0 aliphatic carbocycles. The van der Waals surface area contributed by atoms with Crippen LogP contribution in [0.1, 0.15) is 168 Å².